The lowest BCUT2D eigenvalue weighted by atomic mass is 10.2. The highest BCUT2D eigenvalue weighted by molar-refractivity contribution is 5.68. The molecule has 24 heavy (non-hydrogen) atoms. The van der Waals surface area contributed by atoms with E-state index in [1.54, 1.807) is 36.4 Å². The van der Waals surface area contributed by atoms with Crippen molar-refractivity contribution in [1.82, 2.24) is 0 Å². The lowest BCUT2D eigenvalue weighted by molar-refractivity contribution is 0.301. The lowest BCUT2D eigenvalue weighted by Crippen LogP contribution is -2.11. The fraction of sp³-hybridized carbons (Fsp3) is 0.100. The van der Waals surface area contributed by atoms with Gasteiger partial charge in [-0.2, -0.15) is 0 Å². The Morgan fingerprint density at radius 2 is 0.875 bits per heavy atom. The molecule has 0 bridgehead atoms. The molecule has 0 spiro atoms. The van der Waals surface area contributed by atoms with Crippen LogP contribution in [0.15, 0.2) is 72.8 Å². The summed E-state index contributed by atoms with van der Waals surface area (Å²) in [7, 11) is 0. The largest absolute Gasteiger partial charge is 0.754 e. The lowest BCUT2D eigenvalue weighted by Gasteiger charge is -2.31. The molecular formula is C20H19N2O2-. The van der Waals surface area contributed by atoms with Gasteiger partial charge in [-0.15, -0.1) is 0 Å². The molecule has 3 aromatic carbocycles. The van der Waals surface area contributed by atoms with Crippen molar-refractivity contribution in [2.45, 2.75) is 13.8 Å². The second kappa shape index (κ2) is 6.74. The van der Waals surface area contributed by atoms with E-state index in [0.29, 0.717) is 22.7 Å². The molecule has 0 aliphatic rings. The Hall–Kier alpha value is -2.82. The van der Waals surface area contributed by atoms with E-state index >= 15 is 0 Å². The van der Waals surface area contributed by atoms with Gasteiger partial charge in [0, 0.05) is 11.4 Å². The highest BCUT2D eigenvalue weighted by atomic mass is 16.5. The highest BCUT2D eigenvalue weighted by Crippen LogP contribution is 2.29. The van der Waals surface area contributed by atoms with E-state index in [2.05, 4.69) is 0 Å². The Bertz CT molecular complexity index is 726. The molecule has 0 aliphatic heterocycles. The Labute approximate surface area is 141 Å². The van der Waals surface area contributed by atoms with Crippen LogP contribution in [0.4, 0.5) is 22.7 Å². The summed E-state index contributed by atoms with van der Waals surface area (Å²) < 4.78 is 0. The van der Waals surface area contributed by atoms with E-state index in [0.717, 1.165) is 21.3 Å². The van der Waals surface area contributed by atoms with Crippen LogP contribution < -0.4 is 10.1 Å². The van der Waals surface area contributed by atoms with Gasteiger partial charge in [-0.05, 0) is 62.4 Å². The van der Waals surface area contributed by atoms with Crippen molar-refractivity contribution in [3.8, 4) is 0 Å². The molecule has 122 valence electrons. The summed E-state index contributed by atoms with van der Waals surface area (Å²) in [6, 6.07) is 21.8. The molecule has 1 N–H and O–H groups in total. The van der Waals surface area contributed by atoms with Crippen molar-refractivity contribution in [3.63, 3.8) is 0 Å². The van der Waals surface area contributed by atoms with Crippen LogP contribution in [-0.2, 0) is 0 Å². The van der Waals surface area contributed by atoms with Crippen molar-refractivity contribution < 1.29 is 5.21 Å². The summed E-state index contributed by atoms with van der Waals surface area (Å²) >= 11 is 0. The van der Waals surface area contributed by atoms with Crippen molar-refractivity contribution in [3.05, 3.63) is 89.1 Å². The molecule has 0 saturated carbocycles. The summed E-state index contributed by atoms with van der Waals surface area (Å²) in [6.07, 6.45) is 0. The molecule has 3 aromatic rings. The second-order valence-electron chi connectivity index (χ2n) is 5.79. The summed E-state index contributed by atoms with van der Waals surface area (Å²) in [6.45, 7) is 3.98. The van der Waals surface area contributed by atoms with Gasteiger partial charge in [-0.3, -0.25) is 5.21 Å². The quantitative estimate of drug-likeness (QED) is 0.648. The smallest absolute Gasteiger partial charge is 0.0694 e. The van der Waals surface area contributed by atoms with Crippen LogP contribution in [0.1, 0.15) is 11.1 Å². The first-order chi connectivity index (χ1) is 11.5. The van der Waals surface area contributed by atoms with Gasteiger partial charge in [0.05, 0.1) is 11.4 Å². The van der Waals surface area contributed by atoms with Crippen molar-refractivity contribution >= 4 is 22.7 Å². The van der Waals surface area contributed by atoms with Gasteiger partial charge in [-0.25, -0.2) is 5.06 Å². The van der Waals surface area contributed by atoms with Gasteiger partial charge in [0.1, 0.15) is 0 Å². The molecular weight excluding hydrogens is 300 g/mol. The molecule has 0 fully saturated rings. The summed E-state index contributed by atoms with van der Waals surface area (Å²) in [4.78, 5) is 0. The topological polar surface area (TPSA) is 49.8 Å². The number of hydrogen-bond acceptors (Lipinski definition) is 4. The fourth-order valence-electron chi connectivity index (χ4n) is 2.39. The molecule has 0 aromatic heterocycles. The molecule has 0 aliphatic carbocycles. The number of aryl methyl sites for hydroxylation is 2. The number of nitrogens with zero attached hydrogens (tertiary/aromatic N) is 2. The zero-order valence-corrected chi connectivity index (χ0v) is 13.7. The molecule has 3 rings (SSSR count). The van der Waals surface area contributed by atoms with Crippen LogP contribution in [-0.4, -0.2) is 5.21 Å². The Morgan fingerprint density at radius 3 is 1.29 bits per heavy atom. The maximum atomic E-state index is 12.4. The normalized spacial score (nSPS) is 10.5. The molecule has 0 heterocycles. The van der Waals surface area contributed by atoms with Crippen molar-refractivity contribution in [2.24, 2.45) is 0 Å². The Balaban J connectivity index is 1.79. The van der Waals surface area contributed by atoms with Crippen LogP contribution in [0.25, 0.3) is 0 Å². The molecule has 0 saturated heterocycles. The summed E-state index contributed by atoms with van der Waals surface area (Å²) in [5.74, 6) is 0. The maximum absolute atomic E-state index is 12.4. The number of hydrogen-bond donors (Lipinski definition) is 1. The molecule has 0 atom stereocenters. The van der Waals surface area contributed by atoms with E-state index in [-0.39, 0.29) is 0 Å². The minimum absolute atomic E-state index is 0.514. The Kier molecular flexibility index (Phi) is 4.51. The average molecular weight is 319 g/mol. The van der Waals surface area contributed by atoms with Gasteiger partial charge in [-0.1, -0.05) is 35.4 Å². The van der Waals surface area contributed by atoms with Crippen LogP contribution in [0.3, 0.4) is 0 Å². The fourth-order valence-corrected chi connectivity index (χ4v) is 2.39. The predicted molar refractivity (Wildman–Crippen MR) is 98.2 cm³/mol. The number of benzene rings is 3. The van der Waals surface area contributed by atoms with Gasteiger partial charge < -0.3 is 10.3 Å². The predicted octanol–water partition coefficient (Wildman–Crippen LogP) is 5.47. The van der Waals surface area contributed by atoms with E-state index < -0.39 is 0 Å². The third-order valence-corrected chi connectivity index (χ3v) is 3.88. The molecule has 0 amide bonds. The van der Waals surface area contributed by atoms with Crippen LogP contribution in [0, 0.1) is 19.1 Å². The van der Waals surface area contributed by atoms with E-state index in [4.69, 9.17) is 0 Å². The molecule has 0 unspecified atom stereocenters. The number of anilines is 4. The van der Waals surface area contributed by atoms with Gasteiger partial charge in [0.15, 0.2) is 0 Å². The van der Waals surface area contributed by atoms with Gasteiger partial charge >= 0.3 is 0 Å². The zero-order valence-electron chi connectivity index (χ0n) is 13.7. The SMILES string of the molecule is Cc1ccc(N([O-])c2ccc(N(O)c3ccc(C)cc3)cc2)cc1. The maximum Gasteiger partial charge on any atom is 0.0694 e. The number of rotatable bonds is 4. The monoisotopic (exact) mass is 319 g/mol. The van der Waals surface area contributed by atoms with Crippen molar-refractivity contribution in [2.75, 3.05) is 10.1 Å². The van der Waals surface area contributed by atoms with E-state index in [9.17, 15) is 10.4 Å². The van der Waals surface area contributed by atoms with Gasteiger partial charge in [0.25, 0.3) is 0 Å². The zero-order chi connectivity index (χ0) is 17.1. The van der Waals surface area contributed by atoms with Crippen LogP contribution in [0.5, 0.6) is 0 Å². The first kappa shape index (κ1) is 16.1. The van der Waals surface area contributed by atoms with Crippen LogP contribution >= 0.6 is 0 Å². The summed E-state index contributed by atoms with van der Waals surface area (Å²) in [5, 5.41) is 24.7. The third-order valence-electron chi connectivity index (χ3n) is 3.88. The Morgan fingerprint density at radius 1 is 0.583 bits per heavy atom. The summed E-state index contributed by atoms with van der Waals surface area (Å²) in [5.41, 5.74) is 4.59. The first-order valence-corrected chi connectivity index (χ1v) is 7.74. The standard InChI is InChI=1S/C20H19N2O2/c1-15-3-7-17(8-4-15)21(23)19-11-13-20(14-12-19)22(24)18-9-5-16(2)6-10-18/h3-14,23H,1-2H3/q-1. The molecule has 4 heteroatoms. The average Bonchev–Trinajstić information content (AvgIpc) is 2.62. The highest BCUT2D eigenvalue weighted by Gasteiger charge is 2.06. The molecule has 0 radical (unpaired) electrons. The minimum atomic E-state index is 0.514. The van der Waals surface area contributed by atoms with Crippen LogP contribution in [0.2, 0.25) is 0 Å². The van der Waals surface area contributed by atoms with Crippen molar-refractivity contribution in [1.29, 1.82) is 0 Å². The second-order valence-corrected chi connectivity index (χ2v) is 5.79. The van der Waals surface area contributed by atoms with Gasteiger partial charge in [0.2, 0.25) is 0 Å². The molecule has 4 nitrogen and oxygen atoms in total. The van der Waals surface area contributed by atoms with E-state index in [1.165, 1.54) is 0 Å². The van der Waals surface area contributed by atoms with E-state index in [1.807, 2.05) is 50.2 Å². The first-order valence-electron chi connectivity index (χ1n) is 7.74. The minimum Gasteiger partial charge on any atom is -0.754 e. The third kappa shape index (κ3) is 3.40.